The van der Waals surface area contributed by atoms with E-state index >= 15 is 0 Å². The number of benzene rings is 7. The molecule has 3 aliphatic carbocycles. The largest absolute Gasteiger partial charge is 0.334 e. The Morgan fingerprint density at radius 3 is 1.58 bits per heavy atom. The normalized spacial score (nSPS) is 25.1. The third-order valence-electron chi connectivity index (χ3n) is 24.6. The van der Waals surface area contributed by atoms with E-state index in [4.69, 9.17) is 0 Å². The van der Waals surface area contributed by atoms with Crippen LogP contribution in [-0.4, -0.2) is 22.4 Å². The van der Waals surface area contributed by atoms with Gasteiger partial charge in [-0.2, -0.15) is 0 Å². The van der Waals surface area contributed by atoms with Gasteiger partial charge in [0.2, 0.25) is 0 Å². The van der Waals surface area contributed by atoms with Gasteiger partial charge in [-0.1, -0.05) is 190 Å². The molecule has 7 aliphatic rings. The second-order valence-electron chi connectivity index (χ2n) is 33.5. The van der Waals surface area contributed by atoms with Crippen molar-refractivity contribution < 1.29 is 0 Å². The highest BCUT2D eigenvalue weighted by atomic mass is 32.1. The van der Waals surface area contributed by atoms with Gasteiger partial charge in [0.05, 0.1) is 16.6 Å². The number of rotatable bonds is 3. The molecule has 4 aliphatic heterocycles. The summed E-state index contributed by atoms with van der Waals surface area (Å²) in [4.78, 5) is 9.90. The van der Waals surface area contributed by atoms with Crippen LogP contribution in [-0.2, 0) is 37.9 Å². The lowest BCUT2D eigenvalue weighted by Gasteiger charge is -2.51. The molecule has 4 unspecified atom stereocenters. The molecule has 2 fully saturated rings. The van der Waals surface area contributed by atoms with E-state index in [1.807, 2.05) is 11.3 Å². The first-order valence-electron chi connectivity index (χ1n) is 33.2. The molecule has 0 amide bonds. The average Bonchev–Trinajstić information content (AvgIpc) is 1.42. The van der Waals surface area contributed by atoms with Crippen LogP contribution in [0.5, 0.6) is 0 Å². The van der Waals surface area contributed by atoms with Crippen molar-refractivity contribution in [1.29, 1.82) is 0 Å². The van der Waals surface area contributed by atoms with Gasteiger partial charge in [-0.3, -0.25) is 0 Å². The number of hydrogen-bond acceptors (Lipinski definition) is 4. The predicted octanol–water partition coefficient (Wildman–Crippen LogP) is 20.3. The maximum absolute atomic E-state index is 2.89. The summed E-state index contributed by atoms with van der Waals surface area (Å²) in [6.07, 6.45) is 12.0. The van der Waals surface area contributed by atoms with Crippen LogP contribution in [0.25, 0.3) is 36.9 Å². The second-order valence-corrected chi connectivity index (χ2v) is 34.5. The van der Waals surface area contributed by atoms with Crippen LogP contribution < -0.4 is 31.1 Å². The monoisotopic (exact) mass is 1150 g/mol. The van der Waals surface area contributed by atoms with Crippen molar-refractivity contribution in [3.63, 3.8) is 0 Å². The molecule has 0 saturated heterocycles. The SMILES string of the molecule is CC(C)(C)c1ccc2c(c1)C1(C)CCCCC1(C)N2c1ccc2c(c1)N(c1ccc3c(c1)C(C)(C)CCC3(C)C)c1cc(N3c4ccc(C(C)(C)C)cc4C4(C)CCCCC34C)cc3c1B2c1cc(C(C)(C)C)cc2c4c5ccccc5sc4n-3c12. The molecule has 0 bridgehead atoms. The van der Waals surface area contributed by atoms with Gasteiger partial charge in [0.1, 0.15) is 4.83 Å². The Hall–Kier alpha value is -6.24. The average molecular weight is 1150 g/mol. The standard InChI is InChI=1S/C80H91BN4S/c1-72(2,3)48-26-32-62-58(41-48)77(14)34-20-22-36-79(77,16)84(62)52-29-31-60-64(45-52)82(51-28-30-56-57(44-51)76(12,13)39-38-75(56,10)11)65-46-53(85-63-33-27-49(73(4,5)6)42-59(63)78(15)35-21-23-37-80(78,85)17)47-66-69(65)81(60)61-43-50(74(7,8)9)40-55-68-54-24-18-19-25-67(54)86-71(68)83(66)70(55)61/h18-19,24-33,40-47H,20-23,34-39H2,1-17H3. The zero-order valence-electron chi connectivity index (χ0n) is 54.9. The Balaban J connectivity index is 1.05. The molecule has 2 saturated carbocycles. The quantitative estimate of drug-likeness (QED) is 0.164. The highest BCUT2D eigenvalue weighted by Crippen LogP contribution is 2.64. The summed E-state index contributed by atoms with van der Waals surface area (Å²) >= 11 is 1.99. The molecule has 16 rings (SSSR count). The van der Waals surface area contributed by atoms with Crippen LogP contribution in [0.4, 0.5) is 39.8 Å². The highest BCUT2D eigenvalue weighted by molar-refractivity contribution is 7.26. The summed E-state index contributed by atoms with van der Waals surface area (Å²) in [6, 6.07) is 50.7. The van der Waals surface area contributed by atoms with Gasteiger partial charge in [0, 0.05) is 77.2 Å². The van der Waals surface area contributed by atoms with E-state index < -0.39 is 0 Å². The minimum Gasteiger partial charge on any atom is -0.334 e. The van der Waals surface area contributed by atoms with E-state index in [9.17, 15) is 0 Å². The summed E-state index contributed by atoms with van der Waals surface area (Å²) < 4.78 is 4.14. The molecular weight excluding hydrogens is 1060 g/mol. The molecule has 440 valence electrons. The minimum absolute atomic E-state index is 0.00108. The van der Waals surface area contributed by atoms with Crippen molar-refractivity contribution in [1.82, 2.24) is 4.57 Å². The minimum atomic E-state index is -0.151. The molecule has 9 aromatic rings. The summed E-state index contributed by atoms with van der Waals surface area (Å²) in [7, 11) is 0. The maximum atomic E-state index is 2.89. The Kier molecular flexibility index (Phi) is 11.1. The topological polar surface area (TPSA) is 14.7 Å². The Labute approximate surface area is 518 Å². The van der Waals surface area contributed by atoms with E-state index in [1.54, 1.807) is 0 Å². The molecular formula is C80H91BN4S. The van der Waals surface area contributed by atoms with Crippen LogP contribution in [0.3, 0.4) is 0 Å². The van der Waals surface area contributed by atoms with Gasteiger partial charge < -0.3 is 19.3 Å². The maximum Gasteiger partial charge on any atom is 0.252 e. The lowest BCUT2D eigenvalue weighted by atomic mass is 9.33. The molecule has 0 spiro atoms. The number of aromatic nitrogens is 1. The molecule has 6 heterocycles. The van der Waals surface area contributed by atoms with E-state index in [0.717, 1.165) is 19.3 Å². The third-order valence-corrected chi connectivity index (χ3v) is 25.8. The van der Waals surface area contributed by atoms with Crippen molar-refractivity contribution in [2.24, 2.45) is 0 Å². The van der Waals surface area contributed by atoms with Crippen molar-refractivity contribution in [2.45, 2.75) is 231 Å². The number of hydrogen-bond donors (Lipinski definition) is 0. The Morgan fingerprint density at radius 1 is 0.419 bits per heavy atom. The van der Waals surface area contributed by atoms with E-state index in [1.165, 1.54) is 177 Å². The zero-order valence-corrected chi connectivity index (χ0v) is 55.7. The molecule has 0 radical (unpaired) electrons. The van der Waals surface area contributed by atoms with Gasteiger partial charge in [-0.25, -0.2) is 0 Å². The molecule has 7 aromatic carbocycles. The lowest BCUT2D eigenvalue weighted by molar-refractivity contribution is 0.195. The molecule has 6 heteroatoms. The number of anilines is 7. The van der Waals surface area contributed by atoms with Gasteiger partial charge >= 0.3 is 0 Å². The first-order chi connectivity index (χ1) is 40.5. The fourth-order valence-electron chi connectivity index (χ4n) is 18.9. The first-order valence-corrected chi connectivity index (χ1v) is 34.0. The lowest BCUT2D eigenvalue weighted by Crippen LogP contribution is -2.61. The van der Waals surface area contributed by atoms with Crippen LogP contribution in [0.1, 0.15) is 221 Å². The van der Waals surface area contributed by atoms with Crippen molar-refractivity contribution >= 4 is 105 Å². The van der Waals surface area contributed by atoms with Gasteiger partial charge in [-0.15, -0.1) is 11.3 Å². The van der Waals surface area contributed by atoms with E-state index in [2.05, 4.69) is 258 Å². The van der Waals surface area contributed by atoms with Gasteiger partial charge in [0.15, 0.2) is 0 Å². The number of thiophene rings is 1. The highest BCUT2D eigenvalue weighted by Gasteiger charge is 2.60. The van der Waals surface area contributed by atoms with Crippen molar-refractivity contribution in [3.05, 3.63) is 160 Å². The van der Waals surface area contributed by atoms with Crippen LogP contribution >= 0.6 is 11.3 Å². The van der Waals surface area contributed by atoms with Crippen LogP contribution in [0.15, 0.2) is 121 Å². The second kappa shape index (κ2) is 17.3. The summed E-state index contributed by atoms with van der Waals surface area (Å²) in [5.41, 5.74) is 26.4. The smallest absolute Gasteiger partial charge is 0.252 e. The fourth-order valence-corrected chi connectivity index (χ4v) is 20.1. The number of nitrogens with zero attached hydrogens (tertiary/aromatic N) is 4. The Morgan fingerprint density at radius 2 is 0.965 bits per heavy atom. The molecule has 4 atom stereocenters. The van der Waals surface area contributed by atoms with Gasteiger partial charge in [0.25, 0.3) is 6.71 Å². The summed E-state index contributed by atoms with van der Waals surface area (Å²) in [5.74, 6) is 0. The van der Waals surface area contributed by atoms with E-state index in [-0.39, 0.29) is 55.7 Å². The first kappa shape index (κ1) is 55.1. The van der Waals surface area contributed by atoms with Crippen LogP contribution in [0.2, 0.25) is 0 Å². The molecule has 0 N–H and O–H groups in total. The van der Waals surface area contributed by atoms with Crippen molar-refractivity contribution in [3.8, 4) is 5.69 Å². The van der Waals surface area contributed by atoms with Gasteiger partial charge in [-0.05, 0) is 195 Å². The van der Waals surface area contributed by atoms with E-state index in [0.29, 0.717) is 0 Å². The molecule has 2 aromatic heterocycles. The van der Waals surface area contributed by atoms with Crippen LogP contribution in [0, 0.1) is 0 Å². The predicted molar refractivity (Wildman–Crippen MR) is 373 cm³/mol. The summed E-state index contributed by atoms with van der Waals surface area (Å²) in [5, 5.41) is 4.15. The summed E-state index contributed by atoms with van der Waals surface area (Å²) in [6.45, 7) is 42.1. The molecule has 86 heavy (non-hydrogen) atoms. The zero-order chi connectivity index (χ0) is 60.2. The third kappa shape index (κ3) is 7.12. The fraction of sp³-hybridized carbons (Fsp3) is 0.450. The molecule has 4 nitrogen and oxygen atoms in total. The number of fused-ring (bicyclic) bond motifs is 16. The Bertz CT molecular complexity index is 4430. The van der Waals surface area contributed by atoms with Crippen molar-refractivity contribution in [2.75, 3.05) is 14.7 Å².